The number of amides is 1. The van der Waals surface area contributed by atoms with E-state index in [-0.39, 0.29) is 12.2 Å². The smallest absolute Gasteiger partial charge is 0.221 e. The zero-order valence-electron chi connectivity index (χ0n) is 17.7. The highest BCUT2D eigenvalue weighted by Gasteiger charge is 2.12. The summed E-state index contributed by atoms with van der Waals surface area (Å²) in [6.07, 6.45) is 1.69. The first-order valence-electron chi connectivity index (χ1n) is 10.5. The molecule has 3 aromatic rings. The van der Waals surface area contributed by atoms with Gasteiger partial charge in [-0.1, -0.05) is 12.1 Å². The van der Waals surface area contributed by atoms with Gasteiger partial charge in [-0.25, -0.2) is 9.37 Å². The van der Waals surface area contributed by atoms with Crippen molar-refractivity contribution in [2.45, 2.75) is 13.0 Å². The first-order chi connectivity index (χ1) is 15.6. The summed E-state index contributed by atoms with van der Waals surface area (Å²) in [6, 6.07) is 16.3. The van der Waals surface area contributed by atoms with Crippen LogP contribution in [0.3, 0.4) is 0 Å². The highest BCUT2D eigenvalue weighted by atomic mass is 19.1. The molecule has 4 N–H and O–H groups in total. The van der Waals surface area contributed by atoms with Crippen molar-refractivity contribution in [3.05, 3.63) is 77.7 Å². The number of hydrogen-bond donors (Lipinski definition) is 3. The SMILES string of the molecule is NC(=O)Cc1cnc(Nc2ccc(N3CCOCC3)cc2)cc1NCc1cccc(F)c1. The van der Waals surface area contributed by atoms with Gasteiger partial charge in [0.2, 0.25) is 5.91 Å². The number of primary amides is 1. The molecule has 1 saturated heterocycles. The summed E-state index contributed by atoms with van der Waals surface area (Å²) in [5, 5.41) is 6.56. The molecule has 0 atom stereocenters. The van der Waals surface area contributed by atoms with Crippen molar-refractivity contribution in [2.24, 2.45) is 5.73 Å². The quantitative estimate of drug-likeness (QED) is 0.502. The topological polar surface area (TPSA) is 92.5 Å². The molecule has 2 aromatic carbocycles. The Hall–Kier alpha value is -3.65. The summed E-state index contributed by atoms with van der Waals surface area (Å²) in [5.41, 5.74) is 9.63. The van der Waals surface area contributed by atoms with Crippen LogP contribution in [-0.2, 0) is 22.5 Å². The maximum atomic E-state index is 13.5. The molecule has 2 heterocycles. The number of morpholine rings is 1. The van der Waals surface area contributed by atoms with E-state index >= 15 is 0 Å². The standard InChI is InChI=1S/C24H26FN5O2/c25-19-3-1-2-17(12-19)15-27-22-14-24(28-16-18(22)13-23(26)31)29-20-4-6-21(7-5-20)30-8-10-32-11-9-30/h1-7,12,14,16H,8-11,13,15H2,(H2,26,31)(H2,27,28,29). The lowest BCUT2D eigenvalue weighted by Gasteiger charge is -2.28. The Morgan fingerprint density at radius 2 is 1.91 bits per heavy atom. The van der Waals surface area contributed by atoms with E-state index < -0.39 is 5.91 Å². The molecule has 32 heavy (non-hydrogen) atoms. The van der Waals surface area contributed by atoms with Crippen LogP contribution in [0.4, 0.5) is 27.3 Å². The van der Waals surface area contributed by atoms with Crippen LogP contribution in [0.15, 0.2) is 60.8 Å². The third-order valence-electron chi connectivity index (χ3n) is 5.24. The Morgan fingerprint density at radius 3 is 2.62 bits per heavy atom. The monoisotopic (exact) mass is 435 g/mol. The number of halogens is 1. The van der Waals surface area contributed by atoms with E-state index in [0.717, 1.165) is 48.9 Å². The Balaban J connectivity index is 1.48. The number of carbonyl (C=O) groups is 1. The molecule has 4 rings (SSSR count). The van der Waals surface area contributed by atoms with Gasteiger partial charge >= 0.3 is 0 Å². The van der Waals surface area contributed by atoms with Crippen LogP contribution in [0.5, 0.6) is 0 Å². The average Bonchev–Trinajstić information content (AvgIpc) is 2.80. The Bertz CT molecular complexity index is 1070. The number of nitrogens with one attached hydrogen (secondary N) is 2. The molecular formula is C24H26FN5O2. The van der Waals surface area contributed by atoms with E-state index in [1.54, 1.807) is 12.3 Å². The van der Waals surface area contributed by atoms with Gasteiger partial charge in [0.1, 0.15) is 11.6 Å². The largest absolute Gasteiger partial charge is 0.381 e. The van der Waals surface area contributed by atoms with Crippen LogP contribution >= 0.6 is 0 Å². The lowest BCUT2D eigenvalue weighted by atomic mass is 10.1. The van der Waals surface area contributed by atoms with Crippen molar-refractivity contribution in [3.63, 3.8) is 0 Å². The minimum Gasteiger partial charge on any atom is -0.381 e. The number of pyridine rings is 1. The third kappa shape index (κ3) is 5.73. The van der Waals surface area contributed by atoms with E-state index in [1.165, 1.54) is 12.1 Å². The highest BCUT2D eigenvalue weighted by molar-refractivity contribution is 5.79. The molecule has 1 aliphatic rings. The van der Waals surface area contributed by atoms with E-state index in [1.807, 2.05) is 24.3 Å². The molecule has 1 fully saturated rings. The van der Waals surface area contributed by atoms with Gasteiger partial charge in [0.05, 0.1) is 19.6 Å². The lowest BCUT2D eigenvalue weighted by molar-refractivity contribution is -0.117. The van der Waals surface area contributed by atoms with Crippen LogP contribution in [0.1, 0.15) is 11.1 Å². The third-order valence-corrected chi connectivity index (χ3v) is 5.24. The van der Waals surface area contributed by atoms with Gasteiger partial charge in [-0.3, -0.25) is 4.79 Å². The minimum atomic E-state index is -0.444. The van der Waals surface area contributed by atoms with Gasteiger partial charge in [-0.2, -0.15) is 0 Å². The number of ether oxygens (including phenoxy) is 1. The van der Waals surface area contributed by atoms with Crippen LogP contribution in [0, 0.1) is 5.82 Å². The Morgan fingerprint density at radius 1 is 1.12 bits per heavy atom. The number of benzene rings is 2. The number of rotatable bonds is 8. The van der Waals surface area contributed by atoms with E-state index in [0.29, 0.717) is 17.9 Å². The first-order valence-corrected chi connectivity index (χ1v) is 10.5. The number of hydrogen-bond acceptors (Lipinski definition) is 6. The molecule has 1 amide bonds. The van der Waals surface area contributed by atoms with Crippen LogP contribution in [0.25, 0.3) is 0 Å². The molecule has 7 nitrogen and oxygen atoms in total. The fourth-order valence-corrected chi connectivity index (χ4v) is 3.61. The summed E-state index contributed by atoms with van der Waals surface area (Å²) in [4.78, 5) is 18.2. The van der Waals surface area contributed by atoms with Crippen molar-refractivity contribution >= 4 is 28.8 Å². The Kier molecular flexibility index (Phi) is 6.81. The molecule has 0 unspecified atom stereocenters. The number of aromatic nitrogens is 1. The van der Waals surface area contributed by atoms with Crippen molar-refractivity contribution < 1.29 is 13.9 Å². The molecule has 0 spiro atoms. The zero-order chi connectivity index (χ0) is 22.3. The molecule has 0 bridgehead atoms. The molecular weight excluding hydrogens is 409 g/mol. The van der Waals surface area contributed by atoms with Crippen molar-refractivity contribution in [2.75, 3.05) is 41.8 Å². The number of anilines is 4. The van der Waals surface area contributed by atoms with Gasteiger partial charge in [0, 0.05) is 54.5 Å². The van der Waals surface area contributed by atoms with E-state index in [2.05, 4.69) is 32.7 Å². The molecule has 0 radical (unpaired) electrons. The zero-order valence-corrected chi connectivity index (χ0v) is 17.7. The van der Waals surface area contributed by atoms with Crippen LogP contribution < -0.4 is 21.3 Å². The summed E-state index contributed by atoms with van der Waals surface area (Å²) in [6.45, 7) is 3.66. The summed E-state index contributed by atoms with van der Waals surface area (Å²) >= 11 is 0. The fraction of sp³-hybridized carbons (Fsp3) is 0.250. The van der Waals surface area contributed by atoms with Gasteiger partial charge in [-0.05, 0) is 42.0 Å². The molecule has 166 valence electrons. The van der Waals surface area contributed by atoms with Gasteiger partial charge < -0.3 is 26.0 Å². The molecule has 8 heteroatoms. The number of carbonyl (C=O) groups excluding carboxylic acids is 1. The maximum Gasteiger partial charge on any atom is 0.221 e. The summed E-state index contributed by atoms with van der Waals surface area (Å²) < 4.78 is 18.9. The lowest BCUT2D eigenvalue weighted by Crippen LogP contribution is -2.36. The second kappa shape index (κ2) is 10.1. The summed E-state index contributed by atoms with van der Waals surface area (Å²) in [5.74, 6) is -0.113. The van der Waals surface area contributed by atoms with Crippen LogP contribution in [-0.4, -0.2) is 37.2 Å². The minimum absolute atomic E-state index is 0.0625. The average molecular weight is 436 g/mol. The fourth-order valence-electron chi connectivity index (χ4n) is 3.61. The van der Waals surface area contributed by atoms with E-state index in [4.69, 9.17) is 10.5 Å². The predicted octanol–water partition coefficient (Wildman–Crippen LogP) is 3.44. The molecule has 1 aromatic heterocycles. The number of nitrogens with two attached hydrogens (primary N) is 1. The van der Waals surface area contributed by atoms with Gasteiger partial charge in [0.15, 0.2) is 0 Å². The molecule has 1 aliphatic heterocycles. The van der Waals surface area contributed by atoms with Gasteiger partial charge in [0.25, 0.3) is 0 Å². The van der Waals surface area contributed by atoms with Gasteiger partial charge in [-0.15, -0.1) is 0 Å². The predicted molar refractivity (Wildman–Crippen MR) is 124 cm³/mol. The first kappa shape index (κ1) is 21.6. The maximum absolute atomic E-state index is 13.5. The number of nitrogens with zero attached hydrogens (tertiary/aromatic N) is 2. The Labute approximate surface area is 186 Å². The second-order valence-corrected chi connectivity index (χ2v) is 7.62. The second-order valence-electron chi connectivity index (χ2n) is 7.62. The van der Waals surface area contributed by atoms with Crippen LogP contribution in [0.2, 0.25) is 0 Å². The summed E-state index contributed by atoms with van der Waals surface area (Å²) in [7, 11) is 0. The van der Waals surface area contributed by atoms with E-state index in [9.17, 15) is 9.18 Å². The normalized spacial score (nSPS) is 13.6. The highest BCUT2D eigenvalue weighted by Crippen LogP contribution is 2.25. The van der Waals surface area contributed by atoms with Crippen molar-refractivity contribution in [1.82, 2.24) is 4.98 Å². The molecule has 0 aliphatic carbocycles. The van der Waals surface area contributed by atoms with Crippen molar-refractivity contribution in [3.8, 4) is 0 Å². The van der Waals surface area contributed by atoms with Crippen molar-refractivity contribution in [1.29, 1.82) is 0 Å². The molecule has 0 saturated carbocycles.